The van der Waals surface area contributed by atoms with Crippen LogP contribution in [0.5, 0.6) is 0 Å². The second-order valence-corrected chi connectivity index (χ2v) is 3.42. The Labute approximate surface area is 54.5 Å². The molecule has 7 nitrogen and oxygen atoms in total. The maximum Gasteiger partial charge on any atom is 0.0655 e. The summed E-state index contributed by atoms with van der Waals surface area (Å²) in [6.45, 7) is 0. The molecule has 0 unspecified atom stereocenters. The molecule has 0 spiro atoms. The molecule has 0 aromatic rings. The van der Waals surface area contributed by atoms with Crippen molar-refractivity contribution in [2.75, 3.05) is 0 Å². The fourth-order valence-electron chi connectivity index (χ4n) is 0.122. The molecule has 0 aliphatic carbocycles. The van der Waals surface area contributed by atoms with Gasteiger partial charge >= 0.3 is 0 Å². The highest BCUT2D eigenvalue weighted by molar-refractivity contribution is 7.57. The van der Waals surface area contributed by atoms with E-state index in [9.17, 15) is 28.7 Å². The molecule has 64 valence electrons. The minimum atomic E-state index is -5.68. The lowest BCUT2D eigenvalue weighted by Gasteiger charge is -2.39. The van der Waals surface area contributed by atoms with Crippen LogP contribution in [0.25, 0.3) is 0 Å². The van der Waals surface area contributed by atoms with E-state index in [1.807, 2.05) is 0 Å². The van der Waals surface area contributed by atoms with Crippen molar-refractivity contribution in [1.29, 1.82) is 0 Å². The van der Waals surface area contributed by atoms with Gasteiger partial charge in [0.15, 0.2) is 0 Å². The van der Waals surface area contributed by atoms with Gasteiger partial charge in [-0.2, -0.15) is 0 Å². The van der Waals surface area contributed by atoms with Crippen LogP contribution in [0.15, 0.2) is 0 Å². The van der Waals surface area contributed by atoms with E-state index in [-0.39, 0.29) is 4.70 Å². The fourth-order valence-corrected chi connectivity index (χ4v) is 1.10. The molecule has 0 saturated heterocycles. The number of halogens is 1. The maximum absolute atomic E-state index is 9.32. The molecule has 0 aliphatic heterocycles. The monoisotopic (exact) mass is 193 g/mol. The van der Waals surface area contributed by atoms with Gasteiger partial charge in [-0.05, 0) is 0 Å². The van der Waals surface area contributed by atoms with Crippen molar-refractivity contribution < 1.29 is 37.7 Å². The summed E-state index contributed by atoms with van der Waals surface area (Å²) >= 11 is 0. The Balaban J connectivity index is 0. The van der Waals surface area contributed by atoms with E-state index in [1.165, 1.54) is 0 Å². The van der Waals surface area contributed by atoms with Gasteiger partial charge in [-0.3, -0.25) is 0 Å². The molecule has 0 radical (unpaired) electrons. The van der Waals surface area contributed by atoms with Crippen LogP contribution in [0.2, 0.25) is 0 Å². The summed E-state index contributed by atoms with van der Waals surface area (Å²) in [4.78, 5) is 37.3. The van der Waals surface area contributed by atoms with Crippen molar-refractivity contribution in [2.24, 2.45) is 0 Å². The first-order chi connectivity index (χ1) is 3.71. The second-order valence-electron chi connectivity index (χ2n) is 0.976. The molecular weight excluding hydrogens is 193 g/mol. The predicted molar refractivity (Wildman–Crippen MR) is 16.3 cm³/mol. The van der Waals surface area contributed by atoms with E-state index in [2.05, 4.69) is 4.31 Å². The first-order valence-electron chi connectivity index (χ1n) is 1.46. The van der Waals surface area contributed by atoms with Gasteiger partial charge in [-0.1, -0.05) is 0 Å². The zero-order chi connectivity index (χ0) is 7.71. The third-order valence-electron chi connectivity index (χ3n) is 0.200. The van der Waals surface area contributed by atoms with E-state index in [0.717, 1.165) is 0 Å². The highest BCUT2D eigenvalue weighted by atomic mass is 31.3. The van der Waals surface area contributed by atoms with Crippen molar-refractivity contribution in [3.05, 3.63) is 0 Å². The number of hydrogen-bond acceptors (Lipinski definition) is 7. The van der Waals surface area contributed by atoms with Gasteiger partial charge in [0.05, 0.1) is 15.6 Å². The molecule has 10 heteroatoms. The second kappa shape index (κ2) is 3.54. The zero-order valence-electron chi connectivity index (χ0n) is 4.13. The molecular formula is FO7P2-5. The molecule has 0 amide bonds. The van der Waals surface area contributed by atoms with Gasteiger partial charge in [-0.25, -0.2) is 0 Å². The minimum absolute atomic E-state index is 0. The Morgan fingerprint density at radius 1 is 0.900 bits per heavy atom. The van der Waals surface area contributed by atoms with Crippen LogP contribution in [0.4, 0.5) is 0 Å². The van der Waals surface area contributed by atoms with Crippen LogP contribution in [-0.2, 0) is 13.4 Å². The van der Waals surface area contributed by atoms with Gasteiger partial charge in [0, 0.05) is 0 Å². The molecule has 0 aromatic carbocycles. The van der Waals surface area contributed by atoms with Crippen molar-refractivity contribution in [3.63, 3.8) is 0 Å². The van der Waals surface area contributed by atoms with Crippen molar-refractivity contribution in [2.45, 2.75) is 0 Å². The van der Waals surface area contributed by atoms with E-state index < -0.39 is 15.6 Å². The van der Waals surface area contributed by atoms with Crippen LogP contribution in [-0.4, -0.2) is 0 Å². The average Bonchev–Trinajstić information content (AvgIpc) is 1.14. The van der Waals surface area contributed by atoms with Crippen molar-refractivity contribution in [1.82, 2.24) is 0 Å². The SMILES string of the molecule is O=P([O-])([O-])OP(=O)([O-])[O-].[F-]. The molecule has 0 fully saturated rings. The summed E-state index contributed by atoms with van der Waals surface area (Å²) in [5.41, 5.74) is 0. The van der Waals surface area contributed by atoms with Crippen molar-refractivity contribution >= 4 is 15.6 Å². The third-order valence-corrected chi connectivity index (χ3v) is 1.80. The smallest absolute Gasteiger partial charge is 0.0655 e. The number of phosphoric acid groups is 2. The molecule has 0 heterocycles. The van der Waals surface area contributed by atoms with Crippen LogP contribution in [0, 0.1) is 0 Å². The highest BCUT2D eigenvalue weighted by Crippen LogP contribution is 2.42. The minimum Gasteiger partial charge on any atom is -1.00 e. The topological polar surface area (TPSA) is 136 Å². The molecule has 10 heavy (non-hydrogen) atoms. The molecule has 0 rings (SSSR count). The Hall–Kier alpha value is 0.190. The fraction of sp³-hybridized carbons (Fsp3) is 0. The molecule has 0 bridgehead atoms. The molecule has 0 aliphatic rings. The van der Waals surface area contributed by atoms with Crippen LogP contribution < -0.4 is 24.3 Å². The highest BCUT2D eigenvalue weighted by Gasteiger charge is 1.92. The lowest BCUT2D eigenvalue weighted by molar-refractivity contribution is -0.364. The van der Waals surface area contributed by atoms with Crippen LogP contribution in [0.3, 0.4) is 0 Å². The first-order valence-corrected chi connectivity index (χ1v) is 4.38. The summed E-state index contributed by atoms with van der Waals surface area (Å²) in [5.74, 6) is 0. The van der Waals surface area contributed by atoms with Gasteiger partial charge < -0.3 is 37.7 Å². The summed E-state index contributed by atoms with van der Waals surface area (Å²) in [5, 5.41) is 0. The standard InChI is InChI=1S/FH.H4O7P2/c;1-8(2,3)7-9(4,5)6/h1H;(H2,1,2,3)(H2,4,5,6)/p-5. The summed E-state index contributed by atoms with van der Waals surface area (Å²) < 4.78 is 21.2. The predicted octanol–water partition coefficient (Wildman–Crippen LogP) is -6.34. The Bertz CT molecular complexity index is 152. The van der Waals surface area contributed by atoms with Crippen LogP contribution in [0.1, 0.15) is 0 Å². The normalized spacial score (nSPS) is 12.4. The Morgan fingerprint density at radius 2 is 1.10 bits per heavy atom. The van der Waals surface area contributed by atoms with Gasteiger partial charge in [-0.15, -0.1) is 0 Å². The molecule has 0 saturated carbocycles. The Kier molecular flexibility index (Phi) is 4.55. The third kappa shape index (κ3) is 11.0. The molecule has 0 atom stereocenters. The van der Waals surface area contributed by atoms with Crippen LogP contribution >= 0.6 is 15.6 Å². The van der Waals surface area contributed by atoms with E-state index >= 15 is 0 Å². The summed E-state index contributed by atoms with van der Waals surface area (Å²) in [6.07, 6.45) is 0. The lowest BCUT2D eigenvalue weighted by Crippen LogP contribution is -3.00. The van der Waals surface area contributed by atoms with Gasteiger partial charge in [0.25, 0.3) is 0 Å². The molecule has 0 N–H and O–H groups in total. The van der Waals surface area contributed by atoms with Crippen molar-refractivity contribution in [3.8, 4) is 0 Å². The average molecular weight is 193 g/mol. The zero-order valence-corrected chi connectivity index (χ0v) is 5.92. The van der Waals surface area contributed by atoms with E-state index in [1.54, 1.807) is 0 Å². The van der Waals surface area contributed by atoms with Gasteiger partial charge in [0.1, 0.15) is 0 Å². The summed E-state index contributed by atoms with van der Waals surface area (Å²) in [7, 11) is -11.4. The lowest BCUT2D eigenvalue weighted by atomic mass is 15.7. The maximum atomic E-state index is 9.32. The number of rotatable bonds is 2. The van der Waals surface area contributed by atoms with E-state index in [4.69, 9.17) is 0 Å². The Morgan fingerprint density at radius 3 is 1.10 bits per heavy atom. The number of hydrogen-bond donors (Lipinski definition) is 0. The first kappa shape index (κ1) is 12.8. The van der Waals surface area contributed by atoms with Gasteiger partial charge in [0.2, 0.25) is 0 Å². The quantitative estimate of drug-likeness (QED) is 0.397. The molecule has 0 aromatic heterocycles. The summed E-state index contributed by atoms with van der Waals surface area (Å²) in [6, 6.07) is 0. The largest absolute Gasteiger partial charge is 1.00 e. The van der Waals surface area contributed by atoms with E-state index in [0.29, 0.717) is 0 Å².